The number of imidazole rings is 1. The molecule has 0 atom stereocenters. The van der Waals surface area contributed by atoms with E-state index in [9.17, 15) is 4.79 Å². The molecule has 0 aliphatic carbocycles. The number of hydrogen-bond donors (Lipinski definition) is 1. The number of nitrogens with one attached hydrogen (secondary N) is 1. The number of nitrogens with zero attached hydrogens (tertiary/aromatic N) is 2. The van der Waals surface area contributed by atoms with E-state index in [-0.39, 0.29) is 5.91 Å². The van der Waals surface area contributed by atoms with Gasteiger partial charge in [0.25, 0.3) is 5.91 Å². The predicted octanol–water partition coefficient (Wildman–Crippen LogP) is 2.63. The summed E-state index contributed by atoms with van der Waals surface area (Å²) >= 11 is 0. The molecule has 3 aromatic rings. The van der Waals surface area contributed by atoms with Gasteiger partial charge in [-0.05, 0) is 43.2 Å². The lowest BCUT2D eigenvalue weighted by molar-refractivity contribution is 0.0951. The van der Waals surface area contributed by atoms with Gasteiger partial charge in [-0.15, -0.1) is 0 Å². The standard InChI is InChI=1S/C19H21N3O3/c1-13-21-18(15-6-4-5-11-22(13)15)19(23)20-10-9-14-7-8-16(24-2)17(12-14)25-3/h4-8,11-12H,9-10H2,1-3H3,(H,20,23). The van der Waals surface area contributed by atoms with Crippen LogP contribution in [0.1, 0.15) is 21.9 Å². The molecular formula is C19H21N3O3. The first-order valence-corrected chi connectivity index (χ1v) is 8.07. The van der Waals surface area contributed by atoms with Crippen molar-refractivity contribution in [3.8, 4) is 11.5 Å². The summed E-state index contributed by atoms with van der Waals surface area (Å²) in [4.78, 5) is 16.8. The fourth-order valence-electron chi connectivity index (χ4n) is 2.80. The number of methoxy groups -OCH3 is 2. The fraction of sp³-hybridized carbons (Fsp3) is 0.263. The molecule has 6 nitrogen and oxygen atoms in total. The topological polar surface area (TPSA) is 64.9 Å². The summed E-state index contributed by atoms with van der Waals surface area (Å²) in [5, 5.41) is 2.93. The number of aryl methyl sites for hydroxylation is 1. The van der Waals surface area contributed by atoms with Crippen molar-refractivity contribution in [1.82, 2.24) is 14.7 Å². The van der Waals surface area contributed by atoms with Crippen LogP contribution < -0.4 is 14.8 Å². The molecule has 0 fully saturated rings. The molecule has 0 spiro atoms. The van der Waals surface area contributed by atoms with E-state index in [4.69, 9.17) is 9.47 Å². The van der Waals surface area contributed by atoms with Crippen LogP contribution in [0.2, 0.25) is 0 Å². The van der Waals surface area contributed by atoms with Gasteiger partial charge < -0.3 is 19.2 Å². The van der Waals surface area contributed by atoms with Crippen LogP contribution >= 0.6 is 0 Å². The summed E-state index contributed by atoms with van der Waals surface area (Å²) in [6, 6.07) is 11.5. The minimum absolute atomic E-state index is 0.169. The van der Waals surface area contributed by atoms with E-state index in [1.807, 2.05) is 53.9 Å². The molecule has 0 unspecified atom stereocenters. The summed E-state index contributed by atoms with van der Waals surface area (Å²) in [6.07, 6.45) is 2.59. The smallest absolute Gasteiger partial charge is 0.272 e. The van der Waals surface area contributed by atoms with Gasteiger partial charge in [0.05, 0.1) is 19.7 Å². The molecule has 1 amide bonds. The van der Waals surface area contributed by atoms with Crippen molar-refractivity contribution >= 4 is 11.4 Å². The second-order valence-electron chi connectivity index (χ2n) is 5.66. The molecule has 0 aliphatic heterocycles. The number of benzene rings is 1. The summed E-state index contributed by atoms with van der Waals surface area (Å²) in [5.74, 6) is 2.00. The number of aromatic nitrogens is 2. The Labute approximate surface area is 146 Å². The maximum absolute atomic E-state index is 12.5. The Kier molecular flexibility index (Phi) is 4.88. The number of pyridine rings is 1. The summed E-state index contributed by atoms with van der Waals surface area (Å²) in [6.45, 7) is 2.40. The van der Waals surface area contributed by atoms with Crippen molar-refractivity contribution < 1.29 is 14.3 Å². The molecule has 1 N–H and O–H groups in total. The molecule has 3 rings (SSSR count). The van der Waals surface area contributed by atoms with Gasteiger partial charge in [-0.3, -0.25) is 4.79 Å². The van der Waals surface area contributed by atoms with Gasteiger partial charge >= 0.3 is 0 Å². The van der Waals surface area contributed by atoms with Crippen molar-refractivity contribution in [3.63, 3.8) is 0 Å². The maximum Gasteiger partial charge on any atom is 0.272 e. The highest BCUT2D eigenvalue weighted by atomic mass is 16.5. The zero-order valence-electron chi connectivity index (χ0n) is 14.6. The summed E-state index contributed by atoms with van der Waals surface area (Å²) in [7, 11) is 3.21. The number of fused-ring (bicyclic) bond motifs is 1. The van der Waals surface area contributed by atoms with Crippen LogP contribution in [0.15, 0.2) is 42.6 Å². The normalized spacial score (nSPS) is 10.7. The lowest BCUT2D eigenvalue weighted by Crippen LogP contribution is -2.26. The molecule has 25 heavy (non-hydrogen) atoms. The zero-order chi connectivity index (χ0) is 17.8. The summed E-state index contributed by atoms with van der Waals surface area (Å²) < 4.78 is 12.4. The molecular weight excluding hydrogens is 318 g/mol. The van der Waals surface area contributed by atoms with E-state index in [0.717, 1.165) is 16.9 Å². The number of ether oxygens (including phenoxy) is 2. The lowest BCUT2D eigenvalue weighted by Gasteiger charge is -2.10. The fourth-order valence-corrected chi connectivity index (χ4v) is 2.80. The van der Waals surface area contributed by atoms with Gasteiger partial charge in [0.2, 0.25) is 0 Å². The van der Waals surface area contributed by atoms with Crippen LogP contribution in [-0.4, -0.2) is 36.1 Å². The first-order chi connectivity index (χ1) is 12.1. The molecule has 1 aromatic carbocycles. The maximum atomic E-state index is 12.5. The van der Waals surface area contributed by atoms with E-state index in [1.165, 1.54) is 0 Å². The van der Waals surface area contributed by atoms with Crippen molar-refractivity contribution in [2.75, 3.05) is 20.8 Å². The second kappa shape index (κ2) is 7.25. The molecule has 0 aliphatic rings. The van der Waals surface area contributed by atoms with Crippen molar-refractivity contribution in [1.29, 1.82) is 0 Å². The third kappa shape index (κ3) is 3.42. The Morgan fingerprint density at radius 3 is 2.72 bits per heavy atom. The van der Waals surface area contributed by atoms with E-state index in [0.29, 0.717) is 30.2 Å². The highest BCUT2D eigenvalue weighted by molar-refractivity contribution is 5.99. The van der Waals surface area contributed by atoms with Crippen LogP contribution in [0.4, 0.5) is 0 Å². The van der Waals surface area contributed by atoms with Crippen LogP contribution in [0.25, 0.3) is 5.52 Å². The van der Waals surface area contributed by atoms with Crippen LogP contribution in [0, 0.1) is 6.92 Å². The van der Waals surface area contributed by atoms with Crippen LogP contribution in [0.5, 0.6) is 11.5 Å². The van der Waals surface area contributed by atoms with Gasteiger partial charge in [0.1, 0.15) is 5.82 Å². The van der Waals surface area contributed by atoms with Gasteiger partial charge in [0.15, 0.2) is 17.2 Å². The highest BCUT2D eigenvalue weighted by Gasteiger charge is 2.15. The lowest BCUT2D eigenvalue weighted by atomic mass is 10.1. The molecule has 130 valence electrons. The van der Waals surface area contributed by atoms with Crippen molar-refractivity contribution in [2.45, 2.75) is 13.3 Å². The van der Waals surface area contributed by atoms with Crippen LogP contribution in [0.3, 0.4) is 0 Å². The Morgan fingerprint density at radius 1 is 1.16 bits per heavy atom. The molecule has 0 saturated carbocycles. The minimum Gasteiger partial charge on any atom is -0.493 e. The number of carbonyl (C=O) groups is 1. The molecule has 2 heterocycles. The van der Waals surface area contributed by atoms with E-state index >= 15 is 0 Å². The largest absolute Gasteiger partial charge is 0.493 e. The molecule has 6 heteroatoms. The Balaban J connectivity index is 1.66. The predicted molar refractivity (Wildman–Crippen MR) is 95.5 cm³/mol. The Bertz CT molecular complexity index is 902. The second-order valence-corrected chi connectivity index (χ2v) is 5.66. The van der Waals surface area contributed by atoms with E-state index < -0.39 is 0 Å². The number of amides is 1. The first kappa shape index (κ1) is 16.8. The van der Waals surface area contributed by atoms with Crippen molar-refractivity contribution in [3.05, 3.63) is 59.7 Å². The third-order valence-electron chi connectivity index (χ3n) is 4.09. The third-order valence-corrected chi connectivity index (χ3v) is 4.09. The molecule has 2 aromatic heterocycles. The highest BCUT2D eigenvalue weighted by Crippen LogP contribution is 2.27. The van der Waals surface area contributed by atoms with E-state index in [2.05, 4.69) is 10.3 Å². The zero-order valence-corrected chi connectivity index (χ0v) is 14.6. The average molecular weight is 339 g/mol. The van der Waals surface area contributed by atoms with Gasteiger partial charge in [-0.2, -0.15) is 0 Å². The quantitative estimate of drug-likeness (QED) is 0.750. The van der Waals surface area contributed by atoms with Gasteiger partial charge in [-0.25, -0.2) is 4.98 Å². The van der Waals surface area contributed by atoms with E-state index in [1.54, 1.807) is 14.2 Å². The average Bonchev–Trinajstić information content (AvgIpc) is 2.98. The molecule has 0 saturated heterocycles. The number of hydrogen-bond acceptors (Lipinski definition) is 4. The van der Waals surface area contributed by atoms with Crippen molar-refractivity contribution in [2.24, 2.45) is 0 Å². The van der Waals surface area contributed by atoms with Gasteiger partial charge in [-0.1, -0.05) is 12.1 Å². The molecule has 0 radical (unpaired) electrons. The monoisotopic (exact) mass is 339 g/mol. The molecule has 0 bridgehead atoms. The van der Waals surface area contributed by atoms with Crippen LogP contribution in [-0.2, 0) is 6.42 Å². The SMILES string of the molecule is COc1ccc(CCNC(=O)c2nc(C)n3ccccc23)cc1OC. The number of carbonyl (C=O) groups excluding carboxylic acids is 1. The first-order valence-electron chi connectivity index (χ1n) is 8.07. The number of rotatable bonds is 6. The Hall–Kier alpha value is -3.02. The summed E-state index contributed by atoms with van der Waals surface area (Å²) in [5.41, 5.74) is 2.32. The Morgan fingerprint density at radius 2 is 1.96 bits per heavy atom. The van der Waals surface area contributed by atoms with Gasteiger partial charge in [0, 0.05) is 12.7 Å². The minimum atomic E-state index is -0.169.